The van der Waals surface area contributed by atoms with E-state index in [2.05, 4.69) is 10.4 Å². The van der Waals surface area contributed by atoms with Gasteiger partial charge in [0.2, 0.25) is 0 Å². The van der Waals surface area contributed by atoms with E-state index < -0.39 is 0 Å². The Bertz CT molecular complexity index is 581. The predicted molar refractivity (Wildman–Crippen MR) is 73.8 cm³/mol. The number of carbonyl (C=O) groups is 1. The summed E-state index contributed by atoms with van der Waals surface area (Å²) in [5.41, 5.74) is 0.220. The molecule has 6 heteroatoms. The normalized spacial score (nSPS) is 11.9. The summed E-state index contributed by atoms with van der Waals surface area (Å²) in [6, 6.07) is 6.29. The summed E-state index contributed by atoms with van der Waals surface area (Å²) in [4.78, 5) is 12.1. The molecule has 1 atom stereocenters. The van der Waals surface area contributed by atoms with Crippen molar-refractivity contribution in [2.75, 3.05) is 7.11 Å². The second kappa shape index (κ2) is 6.10. The SMILES string of the molecule is COc1ccc(C(=O)N[C@H](C)Cn2cccn2)c(O)c1. The van der Waals surface area contributed by atoms with Crippen molar-refractivity contribution >= 4 is 5.91 Å². The predicted octanol–water partition coefficient (Wildman–Crippen LogP) is 1.42. The zero-order valence-corrected chi connectivity index (χ0v) is 11.4. The van der Waals surface area contributed by atoms with Gasteiger partial charge in [0.1, 0.15) is 11.5 Å². The Morgan fingerprint density at radius 2 is 2.35 bits per heavy atom. The summed E-state index contributed by atoms with van der Waals surface area (Å²) < 4.78 is 6.71. The van der Waals surface area contributed by atoms with E-state index in [1.165, 1.54) is 19.2 Å². The third-order valence-electron chi connectivity index (χ3n) is 2.85. The zero-order valence-electron chi connectivity index (χ0n) is 11.4. The van der Waals surface area contributed by atoms with Crippen molar-refractivity contribution in [2.24, 2.45) is 0 Å². The van der Waals surface area contributed by atoms with Crippen molar-refractivity contribution in [1.29, 1.82) is 0 Å². The number of aromatic nitrogens is 2. The first-order chi connectivity index (χ1) is 9.60. The second-order valence-corrected chi connectivity index (χ2v) is 4.49. The third kappa shape index (κ3) is 3.28. The van der Waals surface area contributed by atoms with E-state index in [1.54, 1.807) is 16.9 Å². The Balaban J connectivity index is 2.00. The summed E-state index contributed by atoms with van der Waals surface area (Å²) in [5, 5.41) is 16.7. The van der Waals surface area contributed by atoms with E-state index in [9.17, 15) is 9.90 Å². The number of rotatable bonds is 5. The van der Waals surface area contributed by atoms with Gasteiger partial charge in [-0.25, -0.2) is 0 Å². The Labute approximate surface area is 117 Å². The lowest BCUT2D eigenvalue weighted by molar-refractivity contribution is 0.0933. The van der Waals surface area contributed by atoms with Gasteiger partial charge in [0, 0.05) is 24.5 Å². The monoisotopic (exact) mass is 275 g/mol. The van der Waals surface area contributed by atoms with Crippen LogP contribution < -0.4 is 10.1 Å². The summed E-state index contributed by atoms with van der Waals surface area (Å²) in [6.45, 7) is 2.44. The highest BCUT2D eigenvalue weighted by atomic mass is 16.5. The second-order valence-electron chi connectivity index (χ2n) is 4.49. The molecule has 0 bridgehead atoms. The van der Waals surface area contributed by atoms with Crippen LogP contribution in [0.3, 0.4) is 0 Å². The fraction of sp³-hybridized carbons (Fsp3) is 0.286. The fourth-order valence-corrected chi connectivity index (χ4v) is 1.87. The van der Waals surface area contributed by atoms with Gasteiger partial charge in [0.05, 0.1) is 19.2 Å². The fourth-order valence-electron chi connectivity index (χ4n) is 1.87. The maximum absolute atomic E-state index is 12.1. The van der Waals surface area contributed by atoms with Gasteiger partial charge >= 0.3 is 0 Å². The molecular weight excluding hydrogens is 258 g/mol. The number of hydrogen-bond donors (Lipinski definition) is 2. The highest BCUT2D eigenvalue weighted by molar-refractivity contribution is 5.97. The molecule has 0 spiro atoms. The smallest absolute Gasteiger partial charge is 0.255 e. The first kappa shape index (κ1) is 13.9. The van der Waals surface area contributed by atoms with E-state index in [0.29, 0.717) is 12.3 Å². The zero-order chi connectivity index (χ0) is 14.5. The van der Waals surface area contributed by atoms with Crippen LogP contribution in [0.25, 0.3) is 0 Å². The number of phenolic OH excluding ortho intramolecular Hbond substituents is 1. The van der Waals surface area contributed by atoms with Crippen LogP contribution in [-0.2, 0) is 6.54 Å². The first-order valence-corrected chi connectivity index (χ1v) is 6.25. The Morgan fingerprint density at radius 3 is 2.95 bits per heavy atom. The number of hydrogen-bond acceptors (Lipinski definition) is 4. The van der Waals surface area contributed by atoms with Crippen LogP contribution in [0, 0.1) is 0 Å². The molecule has 1 aromatic carbocycles. The number of aromatic hydroxyl groups is 1. The van der Waals surface area contributed by atoms with Gasteiger partial charge in [-0.1, -0.05) is 0 Å². The van der Waals surface area contributed by atoms with Gasteiger partial charge in [-0.3, -0.25) is 9.48 Å². The van der Waals surface area contributed by atoms with Crippen LogP contribution in [0.5, 0.6) is 11.5 Å². The van der Waals surface area contributed by atoms with Crippen molar-refractivity contribution < 1.29 is 14.6 Å². The molecule has 0 aliphatic heterocycles. The largest absolute Gasteiger partial charge is 0.507 e. The third-order valence-corrected chi connectivity index (χ3v) is 2.85. The average Bonchev–Trinajstić information content (AvgIpc) is 2.90. The van der Waals surface area contributed by atoms with Crippen molar-refractivity contribution in [3.63, 3.8) is 0 Å². The average molecular weight is 275 g/mol. The Kier molecular flexibility index (Phi) is 4.24. The van der Waals surface area contributed by atoms with E-state index in [-0.39, 0.29) is 23.3 Å². The topological polar surface area (TPSA) is 76.4 Å². The molecular formula is C14H17N3O3. The van der Waals surface area contributed by atoms with Gasteiger partial charge in [-0.05, 0) is 25.1 Å². The quantitative estimate of drug-likeness (QED) is 0.865. The maximum atomic E-state index is 12.1. The lowest BCUT2D eigenvalue weighted by Crippen LogP contribution is -2.35. The molecule has 0 aliphatic rings. The number of carbonyl (C=O) groups excluding carboxylic acids is 1. The molecule has 0 aliphatic carbocycles. The highest BCUT2D eigenvalue weighted by Crippen LogP contribution is 2.23. The highest BCUT2D eigenvalue weighted by Gasteiger charge is 2.14. The molecule has 0 saturated heterocycles. The minimum atomic E-state index is -0.329. The molecule has 2 rings (SSSR count). The summed E-state index contributed by atoms with van der Waals surface area (Å²) >= 11 is 0. The number of ether oxygens (including phenoxy) is 1. The van der Waals surface area contributed by atoms with Gasteiger partial charge in [0.25, 0.3) is 5.91 Å². The minimum Gasteiger partial charge on any atom is -0.507 e. The van der Waals surface area contributed by atoms with Gasteiger partial charge in [0.15, 0.2) is 0 Å². The van der Waals surface area contributed by atoms with Crippen molar-refractivity contribution in [2.45, 2.75) is 19.5 Å². The van der Waals surface area contributed by atoms with Crippen LogP contribution in [0.15, 0.2) is 36.7 Å². The molecule has 0 unspecified atom stereocenters. The minimum absolute atomic E-state index is 0.104. The van der Waals surface area contributed by atoms with E-state index in [0.717, 1.165) is 0 Å². The maximum Gasteiger partial charge on any atom is 0.255 e. The molecule has 1 heterocycles. The Hall–Kier alpha value is -2.50. The molecule has 0 fully saturated rings. The van der Waals surface area contributed by atoms with Gasteiger partial charge in [-0.2, -0.15) is 5.10 Å². The molecule has 6 nitrogen and oxygen atoms in total. The van der Waals surface area contributed by atoms with Crippen molar-refractivity contribution in [3.8, 4) is 11.5 Å². The van der Waals surface area contributed by atoms with Crippen LogP contribution in [0.4, 0.5) is 0 Å². The number of phenols is 1. The summed E-state index contributed by atoms with van der Waals surface area (Å²) in [7, 11) is 1.50. The molecule has 0 radical (unpaired) electrons. The van der Waals surface area contributed by atoms with Gasteiger partial charge < -0.3 is 15.2 Å². The lowest BCUT2D eigenvalue weighted by atomic mass is 10.1. The van der Waals surface area contributed by atoms with Crippen LogP contribution >= 0.6 is 0 Å². The summed E-state index contributed by atoms with van der Waals surface area (Å²) in [5.74, 6) is 0.0709. The molecule has 2 N–H and O–H groups in total. The number of nitrogens with one attached hydrogen (secondary N) is 1. The number of amides is 1. The number of benzene rings is 1. The first-order valence-electron chi connectivity index (χ1n) is 6.25. The van der Waals surface area contributed by atoms with Crippen LogP contribution in [0.2, 0.25) is 0 Å². The molecule has 2 aromatic rings. The van der Waals surface area contributed by atoms with Crippen LogP contribution in [0.1, 0.15) is 17.3 Å². The molecule has 106 valence electrons. The van der Waals surface area contributed by atoms with E-state index in [1.807, 2.05) is 19.2 Å². The van der Waals surface area contributed by atoms with Gasteiger partial charge in [-0.15, -0.1) is 0 Å². The molecule has 1 amide bonds. The van der Waals surface area contributed by atoms with Crippen molar-refractivity contribution in [3.05, 3.63) is 42.2 Å². The number of methoxy groups -OCH3 is 1. The lowest BCUT2D eigenvalue weighted by Gasteiger charge is -2.14. The number of nitrogens with zero attached hydrogens (tertiary/aromatic N) is 2. The van der Waals surface area contributed by atoms with Crippen molar-refractivity contribution in [1.82, 2.24) is 15.1 Å². The van der Waals surface area contributed by atoms with E-state index in [4.69, 9.17) is 4.74 Å². The molecule has 20 heavy (non-hydrogen) atoms. The summed E-state index contributed by atoms with van der Waals surface area (Å²) in [6.07, 6.45) is 3.51. The Morgan fingerprint density at radius 1 is 1.55 bits per heavy atom. The molecule has 1 aromatic heterocycles. The van der Waals surface area contributed by atoms with E-state index >= 15 is 0 Å². The standard InChI is InChI=1S/C14H17N3O3/c1-10(9-17-7-3-6-15-17)16-14(19)12-5-4-11(20-2)8-13(12)18/h3-8,10,18H,9H2,1-2H3,(H,16,19)/t10-/m1/s1. The molecule has 0 saturated carbocycles. The van der Waals surface area contributed by atoms with Crippen LogP contribution in [-0.4, -0.2) is 33.9 Å².